The van der Waals surface area contributed by atoms with Gasteiger partial charge in [-0.05, 0) is 37.4 Å². The van der Waals surface area contributed by atoms with Gasteiger partial charge >= 0.3 is 0 Å². The summed E-state index contributed by atoms with van der Waals surface area (Å²) in [6, 6.07) is 7.92. The highest BCUT2D eigenvalue weighted by Gasteiger charge is 2.21. The third-order valence-corrected chi connectivity index (χ3v) is 4.80. The number of carbonyl (C=O) groups is 1. The summed E-state index contributed by atoms with van der Waals surface area (Å²) in [4.78, 5) is 12.5. The molecule has 1 fully saturated rings. The van der Waals surface area contributed by atoms with Gasteiger partial charge in [0.25, 0.3) is 5.91 Å². The van der Waals surface area contributed by atoms with Gasteiger partial charge in [0.15, 0.2) is 0 Å². The molecule has 0 spiro atoms. The van der Waals surface area contributed by atoms with Crippen molar-refractivity contribution in [2.75, 3.05) is 19.6 Å². The van der Waals surface area contributed by atoms with E-state index in [9.17, 15) is 4.79 Å². The van der Waals surface area contributed by atoms with Gasteiger partial charge in [0.1, 0.15) is 10.0 Å². The summed E-state index contributed by atoms with van der Waals surface area (Å²) in [5.41, 5.74) is 1.95. The van der Waals surface area contributed by atoms with Crippen molar-refractivity contribution in [3.63, 3.8) is 0 Å². The van der Waals surface area contributed by atoms with Crippen molar-refractivity contribution in [2.45, 2.75) is 25.7 Å². The first-order valence-electron chi connectivity index (χ1n) is 7.61. The van der Waals surface area contributed by atoms with E-state index in [1.165, 1.54) is 0 Å². The first-order valence-corrected chi connectivity index (χ1v) is 8.42. The molecule has 1 amide bonds. The molecule has 2 heterocycles. The molecule has 3 rings (SSSR count). The van der Waals surface area contributed by atoms with Crippen molar-refractivity contribution in [3.8, 4) is 0 Å². The molecule has 1 aromatic carbocycles. The Hall–Kier alpha value is -1.79. The van der Waals surface area contributed by atoms with E-state index >= 15 is 0 Å². The second kappa shape index (κ2) is 6.98. The van der Waals surface area contributed by atoms with Gasteiger partial charge in [0.2, 0.25) is 0 Å². The minimum absolute atomic E-state index is 0.00346. The lowest BCUT2D eigenvalue weighted by molar-refractivity contribution is 0.0953. The molecule has 1 atom stereocenters. The summed E-state index contributed by atoms with van der Waals surface area (Å²) in [7, 11) is 0. The number of amides is 1. The molecule has 1 aliphatic heterocycles. The highest BCUT2D eigenvalue weighted by molar-refractivity contribution is 7.11. The maximum atomic E-state index is 12.5. The average molecular weight is 316 g/mol. The van der Waals surface area contributed by atoms with Crippen LogP contribution in [0.3, 0.4) is 0 Å². The number of hydrogen-bond donors (Lipinski definition) is 2. The van der Waals surface area contributed by atoms with Gasteiger partial charge in [-0.3, -0.25) is 4.79 Å². The van der Waals surface area contributed by atoms with Crippen LogP contribution in [0.15, 0.2) is 24.3 Å². The average Bonchev–Trinajstić information content (AvgIpc) is 3.19. The lowest BCUT2D eigenvalue weighted by Gasteiger charge is -2.14. The largest absolute Gasteiger partial charge is 0.352 e. The fourth-order valence-corrected chi connectivity index (χ4v) is 3.51. The lowest BCUT2D eigenvalue weighted by atomic mass is 9.93. The summed E-state index contributed by atoms with van der Waals surface area (Å²) in [5.74, 6) is 0.441. The predicted octanol–water partition coefficient (Wildman–Crippen LogP) is 1.90. The van der Waals surface area contributed by atoms with E-state index in [1.807, 2.05) is 25.1 Å². The molecule has 0 radical (unpaired) electrons. The monoisotopic (exact) mass is 316 g/mol. The van der Waals surface area contributed by atoms with Crippen LogP contribution < -0.4 is 10.6 Å². The molecule has 1 aliphatic rings. The number of carbonyl (C=O) groups excluding carboxylic acids is 1. The van der Waals surface area contributed by atoms with E-state index in [0.717, 1.165) is 47.1 Å². The first kappa shape index (κ1) is 15.1. The van der Waals surface area contributed by atoms with Crippen LogP contribution in [-0.4, -0.2) is 35.7 Å². The summed E-state index contributed by atoms with van der Waals surface area (Å²) < 4.78 is 0. The van der Waals surface area contributed by atoms with Gasteiger partial charge in [-0.2, -0.15) is 0 Å². The fraction of sp³-hybridized carbons (Fsp3) is 0.438. The van der Waals surface area contributed by atoms with E-state index < -0.39 is 0 Å². The van der Waals surface area contributed by atoms with Crippen LogP contribution in [-0.2, 0) is 6.42 Å². The van der Waals surface area contributed by atoms with Crippen molar-refractivity contribution in [1.29, 1.82) is 0 Å². The first-order chi connectivity index (χ1) is 10.7. The summed E-state index contributed by atoms with van der Waals surface area (Å²) in [5, 5.41) is 16.3. The minimum atomic E-state index is 0.00346. The van der Waals surface area contributed by atoms with Crippen LogP contribution in [0.4, 0.5) is 0 Å². The number of hydrogen-bond acceptors (Lipinski definition) is 5. The summed E-state index contributed by atoms with van der Waals surface area (Å²) >= 11 is 1.58. The molecule has 0 bridgehead atoms. The molecule has 2 N–H and O–H groups in total. The Bertz CT molecular complexity index is 649. The van der Waals surface area contributed by atoms with Crippen LogP contribution in [0.25, 0.3) is 0 Å². The molecule has 1 unspecified atom stereocenters. The van der Waals surface area contributed by atoms with Crippen LogP contribution in [0.1, 0.15) is 38.3 Å². The second-order valence-electron chi connectivity index (χ2n) is 5.50. The highest BCUT2D eigenvalue weighted by atomic mass is 32.1. The number of nitrogens with zero attached hydrogens (tertiary/aromatic N) is 2. The highest BCUT2D eigenvalue weighted by Crippen LogP contribution is 2.25. The van der Waals surface area contributed by atoms with E-state index in [-0.39, 0.29) is 5.91 Å². The summed E-state index contributed by atoms with van der Waals surface area (Å²) in [6.07, 6.45) is 1.82. The molecular formula is C16H20N4OS. The Morgan fingerprint density at radius 1 is 1.41 bits per heavy atom. The Labute approximate surface area is 134 Å². The van der Waals surface area contributed by atoms with Crippen molar-refractivity contribution in [1.82, 2.24) is 20.8 Å². The fourth-order valence-electron chi connectivity index (χ4n) is 2.80. The quantitative estimate of drug-likeness (QED) is 0.884. The molecule has 5 nitrogen and oxygen atoms in total. The van der Waals surface area contributed by atoms with E-state index in [2.05, 4.69) is 26.9 Å². The van der Waals surface area contributed by atoms with E-state index in [1.54, 1.807) is 11.3 Å². The van der Waals surface area contributed by atoms with Gasteiger partial charge in [-0.1, -0.05) is 18.2 Å². The third-order valence-electron chi connectivity index (χ3n) is 3.90. The molecule has 2 aromatic rings. The Morgan fingerprint density at radius 3 is 3.00 bits per heavy atom. The Kier molecular flexibility index (Phi) is 4.80. The molecule has 1 aromatic heterocycles. The van der Waals surface area contributed by atoms with E-state index in [4.69, 9.17) is 0 Å². The summed E-state index contributed by atoms with van der Waals surface area (Å²) in [6.45, 7) is 4.50. The number of benzene rings is 1. The van der Waals surface area contributed by atoms with Crippen LogP contribution in [0, 0.1) is 6.92 Å². The zero-order chi connectivity index (χ0) is 15.4. The topological polar surface area (TPSA) is 66.9 Å². The zero-order valence-corrected chi connectivity index (χ0v) is 13.4. The minimum Gasteiger partial charge on any atom is -0.352 e. The number of aromatic nitrogens is 2. The van der Waals surface area contributed by atoms with Gasteiger partial charge in [-0.15, -0.1) is 21.5 Å². The SMILES string of the molecule is Cc1nnc(CCNC(=O)c2ccccc2C2CCNC2)s1. The van der Waals surface area contributed by atoms with E-state index in [0.29, 0.717) is 12.5 Å². The number of aryl methyl sites for hydroxylation is 1. The Balaban J connectivity index is 1.62. The normalized spacial score (nSPS) is 17.6. The number of rotatable bonds is 5. The number of nitrogens with one attached hydrogen (secondary N) is 2. The molecule has 1 saturated heterocycles. The van der Waals surface area contributed by atoms with Crippen LogP contribution in [0.5, 0.6) is 0 Å². The van der Waals surface area contributed by atoms with Crippen molar-refractivity contribution < 1.29 is 4.79 Å². The zero-order valence-electron chi connectivity index (χ0n) is 12.6. The van der Waals surface area contributed by atoms with Gasteiger partial charge in [0, 0.05) is 25.1 Å². The molecular weight excluding hydrogens is 296 g/mol. The molecule has 22 heavy (non-hydrogen) atoms. The van der Waals surface area contributed by atoms with Gasteiger partial charge in [-0.25, -0.2) is 0 Å². The van der Waals surface area contributed by atoms with Crippen molar-refractivity contribution in [3.05, 3.63) is 45.4 Å². The smallest absolute Gasteiger partial charge is 0.251 e. The Morgan fingerprint density at radius 2 is 2.27 bits per heavy atom. The van der Waals surface area contributed by atoms with Crippen LogP contribution in [0.2, 0.25) is 0 Å². The van der Waals surface area contributed by atoms with Gasteiger partial charge in [0.05, 0.1) is 0 Å². The lowest BCUT2D eigenvalue weighted by Crippen LogP contribution is -2.27. The van der Waals surface area contributed by atoms with Crippen LogP contribution >= 0.6 is 11.3 Å². The molecule has 0 aliphatic carbocycles. The second-order valence-corrected chi connectivity index (χ2v) is 6.76. The van der Waals surface area contributed by atoms with Crippen molar-refractivity contribution >= 4 is 17.2 Å². The van der Waals surface area contributed by atoms with Gasteiger partial charge < -0.3 is 10.6 Å². The standard InChI is InChI=1S/C16H20N4OS/c1-11-19-20-15(22-11)7-9-18-16(21)14-5-3-2-4-13(14)12-6-8-17-10-12/h2-5,12,17H,6-10H2,1H3,(H,18,21). The predicted molar refractivity (Wildman–Crippen MR) is 87.4 cm³/mol. The maximum absolute atomic E-state index is 12.5. The van der Waals surface area contributed by atoms with Crippen molar-refractivity contribution in [2.24, 2.45) is 0 Å². The maximum Gasteiger partial charge on any atom is 0.251 e. The third kappa shape index (κ3) is 3.51. The molecule has 116 valence electrons. The molecule has 6 heteroatoms. The molecule has 0 saturated carbocycles.